The Hall–Kier alpha value is -5.13. The average Bonchev–Trinajstić information content (AvgIpc) is 3.79. The van der Waals surface area contributed by atoms with Gasteiger partial charge in [0.2, 0.25) is 0 Å². The molecule has 0 atom stereocenters. The molecule has 275 valence electrons. The molecule has 1 saturated carbocycles. The molecule has 9 aromatic rings. The minimum atomic E-state index is -1.23. The number of aromatic nitrogens is 2. The Labute approximate surface area is 337 Å². The fraction of sp³-hybridized carbons (Fsp3) is 0.184. The van der Waals surface area contributed by atoms with Crippen molar-refractivity contribution in [1.29, 1.82) is 0 Å². The van der Waals surface area contributed by atoms with Crippen molar-refractivity contribution in [3.05, 3.63) is 151 Å². The van der Waals surface area contributed by atoms with E-state index in [9.17, 15) is 0 Å². The van der Waals surface area contributed by atoms with Crippen LogP contribution in [0.4, 0.5) is 0 Å². The molecular formula is C49H42IrN2O2Si-2. The van der Waals surface area contributed by atoms with Crippen LogP contribution < -0.4 is 5.19 Å². The predicted octanol–water partition coefficient (Wildman–Crippen LogP) is 13.2. The van der Waals surface area contributed by atoms with E-state index in [1.165, 1.54) is 42.9 Å². The molecule has 0 unspecified atom stereocenters. The van der Waals surface area contributed by atoms with Gasteiger partial charge in [0.15, 0.2) is 0 Å². The van der Waals surface area contributed by atoms with Gasteiger partial charge in [-0.05, 0) is 70.5 Å². The van der Waals surface area contributed by atoms with Gasteiger partial charge >= 0.3 is 0 Å². The van der Waals surface area contributed by atoms with Gasteiger partial charge in [-0.15, -0.1) is 53.6 Å². The number of para-hydroxylation sites is 2. The predicted molar refractivity (Wildman–Crippen MR) is 226 cm³/mol. The summed E-state index contributed by atoms with van der Waals surface area (Å²) in [4.78, 5) is 9.21. The number of hydrogen-bond acceptors (Lipinski definition) is 4. The summed E-state index contributed by atoms with van der Waals surface area (Å²) in [6.45, 7) is 7.00. The average molecular weight is 911 g/mol. The Balaban J connectivity index is 0.000000212. The van der Waals surface area contributed by atoms with Crippen molar-refractivity contribution >= 4 is 57.1 Å². The Morgan fingerprint density at radius 1 is 0.636 bits per heavy atom. The summed E-state index contributed by atoms with van der Waals surface area (Å²) in [6, 6.07) is 48.6. The van der Waals surface area contributed by atoms with E-state index >= 15 is 0 Å². The molecule has 0 spiro atoms. The SMILES string of the molecule is C[Si](C)(C)c1ccc(-c2[c-]cccc2)nc1.[Ir].[c-]1c(-c2cc(C3CCCCC3)ccn2)ccc2c1oc1c(-c3ccc4c(c3)oc3ccccc34)cccc12. The molecule has 0 aliphatic heterocycles. The number of furan rings is 2. The van der Waals surface area contributed by atoms with E-state index in [1.807, 2.05) is 54.9 Å². The molecule has 1 fully saturated rings. The second-order valence-electron chi connectivity index (χ2n) is 15.5. The zero-order chi connectivity index (χ0) is 36.6. The van der Waals surface area contributed by atoms with Crippen molar-refractivity contribution in [3.8, 4) is 33.6 Å². The maximum atomic E-state index is 6.50. The second-order valence-corrected chi connectivity index (χ2v) is 20.6. The Kier molecular flexibility index (Phi) is 10.4. The molecule has 1 aliphatic carbocycles. The van der Waals surface area contributed by atoms with Crippen LogP contribution in [0.3, 0.4) is 0 Å². The number of fused-ring (bicyclic) bond motifs is 6. The van der Waals surface area contributed by atoms with E-state index in [1.54, 1.807) is 0 Å². The van der Waals surface area contributed by atoms with Gasteiger partial charge in [0, 0.05) is 48.8 Å². The number of pyridine rings is 2. The van der Waals surface area contributed by atoms with E-state index in [2.05, 4.69) is 116 Å². The van der Waals surface area contributed by atoms with E-state index in [-0.39, 0.29) is 20.1 Å². The standard InChI is InChI=1S/C35H26NO2.C14H16NSi.Ir/c1-2-7-22(8-3-1)23-17-18-36-31(19-23)25-14-16-29-30-11-6-10-26(35(30)38-34(29)21-25)24-13-15-28-27-9-4-5-12-32(27)37-33(28)20-24;1-16(2,3)13-9-10-14(15-11-13)12-7-5-4-6-8-12;/h4-6,9-20,22H,1-3,7-8H2;4-7,9-11H,1-3H3;/q2*-1;. The number of nitrogens with zero attached hydrogens (tertiary/aromatic N) is 2. The van der Waals surface area contributed by atoms with Crippen LogP contribution in [0.15, 0.2) is 143 Å². The summed E-state index contributed by atoms with van der Waals surface area (Å²) in [7, 11) is -1.23. The van der Waals surface area contributed by atoms with Crippen molar-refractivity contribution in [2.24, 2.45) is 0 Å². The van der Waals surface area contributed by atoms with Crippen molar-refractivity contribution < 1.29 is 28.9 Å². The molecule has 0 amide bonds. The summed E-state index contributed by atoms with van der Waals surface area (Å²) in [5, 5.41) is 5.82. The van der Waals surface area contributed by atoms with Crippen LogP contribution in [0, 0.1) is 12.1 Å². The monoisotopic (exact) mass is 911 g/mol. The third kappa shape index (κ3) is 7.47. The van der Waals surface area contributed by atoms with Gasteiger partial charge in [0.25, 0.3) is 0 Å². The number of benzene rings is 5. The second kappa shape index (κ2) is 15.5. The molecule has 0 N–H and O–H groups in total. The van der Waals surface area contributed by atoms with Gasteiger partial charge in [-0.25, -0.2) is 0 Å². The van der Waals surface area contributed by atoms with Gasteiger partial charge in [0.05, 0.1) is 13.7 Å². The van der Waals surface area contributed by atoms with E-state index in [0.717, 1.165) is 77.5 Å². The van der Waals surface area contributed by atoms with Crippen molar-refractivity contribution in [1.82, 2.24) is 9.97 Å². The first kappa shape index (κ1) is 36.8. The molecular weight excluding hydrogens is 869 g/mol. The van der Waals surface area contributed by atoms with Gasteiger partial charge in [-0.3, -0.25) is 0 Å². The van der Waals surface area contributed by atoms with Crippen LogP contribution in [-0.2, 0) is 20.1 Å². The fourth-order valence-electron chi connectivity index (χ4n) is 7.83. The maximum absolute atomic E-state index is 6.50. The minimum absolute atomic E-state index is 0. The Morgan fingerprint density at radius 3 is 2.24 bits per heavy atom. The Morgan fingerprint density at radius 2 is 1.44 bits per heavy atom. The summed E-state index contributed by atoms with van der Waals surface area (Å²) in [5.41, 5.74) is 10.9. The first-order chi connectivity index (χ1) is 26.4. The molecule has 4 nitrogen and oxygen atoms in total. The Bertz CT molecular complexity index is 2740. The summed E-state index contributed by atoms with van der Waals surface area (Å²) in [6.07, 6.45) is 10.5. The molecule has 4 aromatic heterocycles. The van der Waals surface area contributed by atoms with Crippen molar-refractivity contribution in [3.63, 3.8) is 0 Å². The van der Waals surface area contributed by atoms with Crippen LogP contribution in [0.2, 0.25) is 19.6 Å². The molecule has 6 heteroatoms. The van der Waals surface area contributed by atoms with E-state index in [4.69, 9.17) is 13.8 Å². The van der Waals surface area contributed by atoms with Crippen LogP contribution in [0.5, 0.6) is 0 Å². The smallest absolute Gasteiger partial charge is 0.136 e. The summed E-state index contributed by atoms with van der Waals surface area (Å²) >= 11 is 0. The van der Waals surface area contributed by atoms with Crippen LogP contribution in [0.25, 0.3) is 77.5 Å². The molecule has 55 heavy (non-hydrogen) atoms. The molecule has 0 bridgehead atoms. The van der Waals surface area contributed by atoms with Crippen molar-refractivity contribution in [2.45, 2.75) is 57.7 Å². The van der Waals surface area contributed by atoms with Gasteiger partial charge in [0.1, 0.15) is 16.7 Å². The van der Waals surface area contributed by atoms with Crippen LogP contribution >= 0.6 is 0 Å². The minimum Gasteiger partial charge on any atom is -0.476 e. The van der Waals surface area contributed by atoms with Crippen LogP contribution in [-0.4, -0.2) is 18.0 Å². The summed E-state index contributed by atoms with van der Waals surface area (Å²) in [5.74, 6) is 0.645. The zero-order valence-electron chi connectivity index (χ0n) is 31.4. The third-order valence-electron chi connectivity index (χ3n) is 10.9. The third-order valence-corrected chi connectivity index (χ3v) is 12.9. The largest absolute Gasteiger partial charge is 0.476 e. The van der Waals surface area contributed by atoms with Gasteiger partial charge in [-0.1, -0.05) is 117 Å². The van der Waals surface area contributed by atoms with E-state index in [0.29, 0.717) is 5.92 Å². The van der Waals surface area contributed by atoms with Crippen LogP contribution in [0.1, 0.15) is 43.6 Å². The quantitative estimate of drug-likeness (QED) is 0.128. The molecule has 1 radical (unpaired) electrons. The fourth-order valence-corrected chi connectivity index (χ4v) is 8.87. The topological polar surface area (TPSA) is 52.1 Å². The number of rotatable bonds is 5. The van der Waals surface area contributed by atoms with Crippen molar-refractivity contribution in [2.75, 3.05) is 0 Å². The first-order valence-corrected chi connectivity index (χ1v) is 22.6. The molecule has 10 rings (SSSR count). The number of hydrogen-bond donors (Lipinski definition) is 0. The van der Waals surface area contributed by atoms with Gasteiger partial charge < -0.3 is 18.8 Å². The van der Waals surface area contributed by atoms with Gasteiger partial charge in [-0.2, -0.15) is 0 Å². The first-order valence-electron chi connectivity index (χ1n) is 19.1. The van der Waals surface area contributed by atoms with E-state index < -0.39 is 8.07 Å². The summed E-state index contributed by atoms with van der Waals surface area (Å²) < 4.78 is 12.7. The zero-order valence-corrected chi connectivity index (χ0v) is 34.8. The molecule has 5 aromatic carbocycles. The molecule has 0 saturated heterocycles. The normalized spacial score (nSPS) is 13.5. The maximum Gasteiger partial charge on any atom is 0.136 e. The molecule has 4 heterocycles. The molecule has 1 aliphatic rings.